The number of rotatable bonds is 7. The van der Waals surface area contributed by atoms with Crippen molar-refractivity contribution in [1.29, 1.82) is 0 Å². The summed E-state index contributed by atoms with van der Waals surface area (Å²) in [5.41, 5.74) is 5.08. The fourth-order valence-corrected chi connectivity index (χ4v) is 2.11. The molecule has 1 aliphatic heterocycles. The van der Waals surface area contributed by atoms with Crippen molar-refractivity contribution in [2.45, 2.75) is 45.1 Å². The maximum absolute atomic E-state index is 12.1. The zero-order chi connectivity index (χ0) is 12.7. The molecule has 0 bridgehead atoms. The Morgan fingerprint density at radius 2 is 2.35 bits per heavy atom. The van der Waals surface area contributed by atoms with Crippen LogP contribution in [0, 0.1) is 0 Å². The number of hydrogen-bond acceptors (Lipinski definition) is 3. The Kier molecular flexibility index (Phi) is 5.97. The van der Waals surface area contributed by atoms with Crippen LogP contribution >= 0.6 is 0 Å². The van der Waals surface area contributed by atoms with E-state index < -0.39 is 0 Å². The summed E-state index contributed by atoms with van der Waals surface area (Å²) in [4.78, 5) is 24.5. The summed E-state index contributed by atoms with van der Waals surface area (Å²) in [6.07, 6.45) is 4.01. The third-order valence-corrected chi connectivity index (χ3v) is 3.02. The first-order valence-electron chi connectivity index (χ1n) is 6.45. The number of hydrogen-bond donors (Lipinski definition) is 2. The number of nitrogens with two attached hydrogens (primary N) is 1. The molecule has 1 heterocycles. The highest BCUT2D eigenvalue weighted by Crippen LogP contribution is 2.12. The van der Waals surface area contributed by atoms with Gasteiger partial charge < -0.3 is 16.0 Å². The first-order chi connectivity index (χ1) is 8.15. The van der Waals surface area contributed by atoms with Crippen LogP contribution in [0.3, 0.4) is 0 Å². The van der Waals surface area contributed by atoms with E-state index in [0.717, 1.165) is 32.4 Å². The maximum atomic E-state index is 12.1. The second-order valence-corrected chi connectivity index (χ2v) is 4.54. The lowest BCUT2D eigenvalue weighted by molar-refractivity contribution is -0.136. The minimum absolute atomic E-state index is 0.0303. The van der Waals surface area contributed by atoms with Crippen molar-refractivity contribution < 1.29 is 9.59 Å². The number of likely N-dealkylation sites (tertiary alicyclic amines) is 1. The third kappa shape index (κ3) is 4.73. The maximum Gasteiger partial charge on any atom is 0.239 e. The van der Waals surface area contributed by atoms with Gasteiger partial charge in [-0.15, -0.1) is 0 Å². The monoisotopic (exact) mass is 241 g/mol. The van der Waals surface area contributed by atoms with Crippen molar-refractivity contribution in [2.75, 3.05) is 19.6 Å². The minimum Gasteiger partial charge on any atom is -0.370 e. The highest BCUT2D eigenvalue weighted by molar-refractivity contribution is 5.82. The van der Waals surface area contributed by atoms with Crippen LogP contribution in [0.5, 0.6) is 0 Å². The molecule has 0 aliphatic carbocycles. The van der Waals surface area contributed by atoms with Crippen molar-refractivity contribution in [2.24, 2.45) is 5.73 Å². The molecule has 0 spiro atoms. The van der Waals surface area contributed by atoms with E-state index >= 15 is 0 Å². The van der Waals surface area contributed by atoms with Crippen LogP contribution in [0.4, 0.5) is 0 Å². The highest BCUT2D eigenvalue weighted by Gasteiger charge is 2.27. The van der Waals surface area contributed by atoms with Crippen molar-refractivity contribution in [3.05, 3.63) is 0 Å². The molecule has 1 saturated heterocycles. The van der Waals surface area contributed by atoms with Crippen LogP contribution in [0.1, 0.15) is 39.0 Å². The SMILES string of the molecule is CCCNC1CCCN(CCCC(N)=O)C1=O. The van der Waals surface area contributed by atoms with Gasteiger partial charge in [0.25, 0.3) is 0 Å². The molecule has 3 N–H and O–H groups in total. The number of amides is 2. The van der Waals surface area contributed by atoms with Crippen molar-refractivity contribution >= 4 is 11.8 Å². The van der Waals surface area contributed by atoms with Gasteiger partial charge in [0.1, 0.15) is 0 Å². The Balaban J connectivity index is 2.33. The molecule has 17 heavy (non-hydrogen) atoms. The zero-order valence-electron chi connectivity index (χ0n) is 10.6. The van der Waals surface area contributed by atoms with E-state index in [1.807, 2.05) is 4.90 Å². The van der Waals surface area contributed by atoms with E-state index in [0.29, 0.717) is 19.4 Å². The van der Waals surface area contributed by atoms with Crippen LogP contribution in [-0.2, 0) is 9.59 Å². The molecule has 0 aromatic rings. The summed E-state index contributed by atoms with van der Waals surface area (Å²) < 4.78 is 0. The fraction of sp³-hybridized carbons (Fsp3) is 0.833. The zero-order valence-corrected chi connectivity index (χ0v) is 10.6. The van der Waals surface area contributed by atoms with Gasteiger partial charge in [0, 0.05) is 19.5 Å². The lowest BCUT2D eigenvalue weighted by Crippen LogP contribution is -2.51. The molecule has 2 amide bonds. The normalized spacial score (nSPS) is 20.6. The second-order valence-electron chi connectivity index (χ2n) is 4.54. The predicted octanol–water partition coefficient (Wildman–Crippen LogP) is 0.243. The second kappa shape index (κ2) is 7.27. The molecular formula is C12H23N3O2. The number of primary amides is 1. The standard InChI is InChI=1S/C12H23N3O2/c1-2-7-14-10-5-3-8-15(12(10)17)9-4-6-11(13)16/h10,14H,2-9H2,1H3,(H2,13,16). The average molecular weight is 241 g/mol. The number of piperidine rings is 1. The Morgan fingerprint density at radius 3 is 3.00 bits per heavy atom. The summed E-state index contributed by atoms with van der Waals surface area (Å²) >= 11 is 0. The van der Waals surface area contributed by atoms with Crippen LogP contribution in [0.25, 0.3) is 0 Å². The van der Waals surface area contributed by atoms with Gasteiger partial charge in [0.05, 0.1) is 6.04 Å². The molecule has 1 rings (SSSR count). The molecule has 0 aromatic carbocycles. The van der Waals surface area contributed by atoms with Gasteiger partial charge in [-0.2, -0.15) is 0 Å². The first kappa shape index (κ1) is 14.0. The van der Waals surface area contributed by atoms with Crippen LogP contribution in [0.2, 0.25) is 0 Å². The van der Waals surface area contributed by atoms with Gasteiger partial charge in [0.15, 0.2) is 0 Å². The van der Waals surface area contributed by atoms with E-state index in [-0.39, 0.29) is 17.9 Å². The number of nitrogens with one attached hydrogen (secondary N) is 1. The molecule has 1 aliphatic rings. The molecular weight excluding hydrogens is 218 g/mol. The molecule has 98 valence electrons. The van der Waals surface area contributed by atoms with Crippen molar-refractivity contribution in [3.8, 4) is 0 Å². The highest BCUT2D eigenvalue weighted by atomic mass is 16.2. The largest absolute Gasteiger partial charge is 0.370 e. The van der Waals surface area contributed by atoms with Gasteiger partial charge in [-0.25, -0.2) is 0 Å². The fourth-order valence-electron chi connectivity index (χ4n) is 2.11. The van der Waals surface area contributed by atoms with Gasteiger partial charge in [-0.05, 0) is 32.2 Å². The predicted molar refractivity (Wildman–Crippen MR) is 66.3 cm³/mol. The molecule has 1 fully saturated rings. The molecule has 0 aromatic heterocycles. The van der Waals surface area contributed by atoms with Gasteiger partial charge >= 0.3 is 0 Å². The Morgan fingerprint density at radius 1 is 1.59 bits per heavy atom. The molecule has 1 unspecified atom stereocenters. The van der Waals surface area contributed by atoms with E-state index in [9.17, 15) is 9.59 Å². The van der Waals surface area contributed by atoms with Crippen molar-refractivity contribution in [3.63, 3.8) is 0 Å². The molecule has 0 saturated carbocycles. The Hall–Kier alpha value is -1.10. The average Bonchev–Trinajstić information content (AvgIpc) is 2.29. The molecule has 0 radical (unpaired) electrons. The number of carbonyl (C=O) groups is 2. The lowest BCUT2D eigenvalue weighted by Gasteiger charge is -2.32. The van der Waals surface area contributed by atoms with Crippen molar-refractivity contribution in [1.82, 2.24) is 10.2 Å². The number of nitrogens with zero attached hydrogens (tertiary/aromatic N) is 1. The Bertz CT molecular complexity index is 268. The van der Waals surface area contributed by atoms with E-state index in [4.69, 9.17) is 5.73 Å². The molecule has 5 nitrogen and oxygen atoms in total. The quantitative estimate of drug-likeness (QED) is 0.670. The minimum atomic E-state index is -0.296. The summed E-state index contributed by atoms with van der Waals surface area (Å²) in [6, 6.07) is -0.0303. The van der Waals surface area contributed by atoms with E-state index in [1.54, 1.807) is 0 Å². The van der Waals surface area contributed by atoms with E-state index in [1.165, 1.54) is 0 Å². The van der Waals surface area contributed by atoms with Crippen LogP contribution < -0.4 is 11.1 Å². The summed E-state index contributed by atoms with van der Waals surface area (Å²) in [6.45, 7) is 4.42. The topological polar surface area (TPSA) is 75.4 Å². The van der Waals surface area contributed by atoms with Gasteiger partial charge in [0.2, 0.25) is 11.8 Å². The van der Waals surface area contributed by atoms with Gasteiger partial charge in [-0.3, -0.25) is 9.59 Å². The molecule has 1 atom stereocenters. The van der Waals surface area contributed by atoms with E-state index in [2.05, 4.69) is 12.2 Å². The van der Waals surface area contributed by atoms with Crippen LogP contribution in [-0.4, -0.2) is 42.4 Å². The summed E-state index contributed by atoms with van der Waals surface area (Å²) in [5.74, 6) is -0.121. The molecule has 5 heteroatoms. The Labute approximate surface area is 103 Å². The lowest BCUT2D eigenvalue weighted by atomic mass is 10.0. The number of carbonyl (C=O) groups excluding carboxylic acids is 2. The summed E-state index contributed by atoms with van der Waals surface area (Å²) in [5, 5.41) is 3.27. The third-order valence-electron chi connectivity index (χ3n) is 3.02. The summed E-state index contributed by atoms with van der Waals surface area (Å²) in [7, 11) is 0. The smallest absolute Gasteiger partial charge is 0.239 e. The first-order valence-corrected chi connectivity index (χ1v) is 6.45. The van der Waals surface area contributed by atoms with Crippen LogP contribution in [0.15, 0.2) is 0 Å². The van der Waals surface area contributed by atoms with Gasteiger partial charge in [-0.1, -0.05) is 6.92 Å².